The van der Waals surface area contributed by atoms with Gasteiger partial charge in [-0.3, -0.25) is 4.90 Å². The molecule has 0 aliphatic carbocycles. The third kappa shape index (κ3) is 2.74. The molecule has 0 spiro atoms. The number of aromatic nitrogens is 3. The van der Waals surface area contributed by atoms with E-state index in [1.165, 1.54) is 4.88 Å². The van der Waals surface area contributed by atoms with Crippen LogP contribution in [0, 0.1) is 0 Å². The molecule has 0 saturated carbocycles. The second kappa shape index (κ2) is 5.84. The molecule has 2 aliphatic rings. The van der Waals surface area contributed by atoms with Crippen LogP contribution < -0.4 is 0 Å². The zero-order valence-electron chi connectivity index (χ0n) is 11.8. The topological polar surface area (TPSA) is 52.4 Å². The summed E-state index contributed by atoms with van der Waals surface area (Å²) >= 11 is 1.76. The van der Waals surface area contributed by atoms with Crippen LogP contribution >= 0.6 is 11.3 Å². The van der Waals surface area contributed by atoms with E-state index >= 15 is 0 Å². The van der Waals surface area contributed by atoms with Gasteiger partial charge in [0.05, 0.1) is 19.8 Å². The van der Waals surface area contributed by atoms with Gasteiger partial charge in [0.2, 0.25) is 0 Å². The number of morpholine rings is 1. The second-order valence-corrected chi connectivity index (χ2v) is 6.33. The normalized spacial score (nSPS) is 23.1. The Hall–Kier alpha value is -1.28. The van der Waals surface area contributed by atoms with E-state index in [0.717, 1.165) is 51.0 Å². The van der Waals surface area contributed by atoms with Crippen LogP contribution in [0.2, 0.25) is 0 Å². The Morgan fingerprint density at radius 1 is 1.29 bits per heavy atom. The Bertz CT molecular complexity index is 598. The summed E-state index contributed by atoms with van der Waals surface area (Å²) in [5, 5.41) is 10.7. The van der Waals surface area contributed by atoms with Crippen LogP contribution in [0.4, 0.5) is 0 Å². The molecule has 0 radical (unpaired) electrons. The maximum absolute atomic E-state index is 5.89. The van der Waals surface area contributed by atoms with Crippen molar-refractivity contribution in [2.24, 2.45) is 0 Å². The van der Waals surface area contributed by atoms with Crippen LogP contribution in [-0.2, 0) is 29.2 Å². The minimum absolute atomic E-state index is 0.186. The lowest BCUT2D eigenvalue weighted by atomic mass is 10.2. The van der Waals surface area contributed by atoms with E-state index in [2.05, 4.69) is 37.2 Å². The first-order chi connectivity index (χ1) is 10.4. The number of thiophene rings is 1. The lowest BCUT2D eigenvalue weighted by Crippen LogP contribution is -2.38. The molecule has 112 valence electrons. The van der Waals surface area contributed by atoms with E-state index in [1.54, 1.807) is 11.3 Å². The number of nitrogens with zero attached hydrogens (tertiary/aromatic N) is 4. The van der Waals surface area contributed by atoms with Crippen molar-refractivity contribution in [1.82, 2.24) is 19.7 Å². The van der Waals surface area contributed by atoms with Crippen molar-refractivity contribution in [3.8, 4) is 0 Å². The van der Waals surface area contributed by atoms with Gasteiger partial charge in [-0.15, -0.1) is 21.5 Å². The quantitative estimate of drug-likeness (QED) is 0.859. The van der Waals surface area contributed by atoms with E-state index in [-0.39, 0.29) is 6.10 Å². The minimum Gasteiger partial charge on any atom is -0.372 e. The van der Waals surface area contributed by atoms with Crippen LogP contribution in [0.3, 0.4) is 0 Å². The summed E-state index contributed by atoms with van der Waals surface area (Å²) in [7, 11) is 0. The van der Waals surface area contributed by atoms with Crippen molar-refractivity contribution in [2.45, 2.75) is 25.8 Å². The molecule has 6 nitrogen and oxygen atoms in total. The Balaban J connectivity index is 1.46. The van der Waals surface area contributed by atoms with Crippen molar-refractivity contribution in [2.75, 3.05) is 26.3 Å². The fourth-order valence-corrected chi connectivity index (χ4v) is 3.63. The molecule has 21 heavy (non-hydrogen) atoms. The van der Waals surface area contributed by atoms with Crippen LogP contribution in [0.1, 0.15) is 22.6 Å². The Morgan fingerprint density at radius 2 is 2.29 bits per heavy atom. The SMILES string of the molecule is c1csc(C2CN(Cc3nnc4n3CCOC4)CCO2)c1. The smallest absolute Gasteiger partial charge is 0.159 e. The molecule has 2 aromatic rings. The van der Waals surface area contributed by atoms with Crippen molar-refractivity contribution < 1.29 is 9.47 Å². The summed E-state index contributed by atoms with van der Waals surface area (Å²) in [5.41, 5.74) is 0. The number of ether oxygens (including phenoxy) is 2. The summed E-state index contributed by atoms with van der Waals surface area (Å²) in [4.78, 5) is 3.71. The van der Waals surface area contributed by atoms with Gasteiger partial charge in [-0.1, -0.05) is 6.07 Å². The molecule has 4 rings (SSSR count). The largest absolute Gasteiger partial charge is 0.372 e. The van der Waals surface area contributed by atoms with Crippen LogP contribution in [0.25, 0.3) is 0 Å². The highest BCUT2D eigenvalue weighted by Crippen LogP contribution is 2.26. The Labute approximate surface area is 127 Å². The molecule has 0 bridgehead atoms. The zero-order valence-corrected chi connectivity index (χ0v) is 12.6. The third-order valence-electron chi connectivity index (χ3n) is 3.97. The van der Waals surface area contributed by atoms with Gasteiger partial charge in [-0.2, -0.15) is 0 Å². The van der Waals surface area contributed by atoms with Crippen molar-refractivity contribution in [3.05, 3.63) is 34.0 Å². The average Bonchev–Trinajstić information content (AvgIpc) is 3.18. The fourth-order valence-electron chi connectivity index (χ4n) is 2.87. The molecule has 1 saturated heterocycles. The lowest BCUT2D eigenvalue weighted by molar-refractivity contribution is -0.0325. The second-order valence-electron chi connectivity index (χ2n) is 5.35. The van der Waals surface area contributed by atoms with Gasteiger partial charge in [-0.05, 0) is 11.4 Å². The van der Waals surface area contributed by atoms with Crippen LogP contribution in [0.15, 0.2) is 17.5 Å². The first-order valence-electron chi connectivity index (χ1n) is 7.26. The summed E-state index contributed by atoms with van der Waals surface area (Å²) in [6.07, 6.45) is 0.186. The molecule has 4 heterocycles. The molecule has 1 fully saturated rings. The highest BCUT2D eigenvalue weighted by Gasteiger charge is 2.25. The molecular formula is C14H18N4O2S. The lowest BCUT2D eigenvalue weighted by Gasteiger charge is -2.32. The number of rotatable bonds is 3. The highest BCUT2D eigenvalue weighted by molar-refractivity contribution is 7.10. The van der Waals surface area contributed by atoms with Crippen molar-refractivity contribution >= 4 is 11.3 Å². The van der Waals surface area contributed by atoms with Gasteiger partial charge in [0, 0.05) is 24.5 Å². The molecule has 0 amide bonds. The number of hydrogen-bond acceptors (Lipinski definition) is 6. The zero-order chi connectivity index (χ0) is 14.1. The first-order valence-corrected chi connectivity index (χ1v) is 8.14. The van der Waals surface area contributed by atoms with E-state index in [1.807, 2.05) is 0 Å². The Morgan fingerprint density at radius 3 is 3.19 bits per heavy atom. The van der Waals surface area contributed by atoms with Gasteiger partial charge < -0.3 is 14.0 Å². The highest BCUT2D eigenvalue weighted by atomic mass is 32.1. The molecule has 0 N–H and O–H groups in total. The maximum Gasteiger partial charge on any atom is 0.159 e. The van der Waals surface area contributed by atoms with Crippen LogP contribution in [-0.4, -0.2) is 46.0 Å². The van der Waals surface area contributed by atoms with E-state index in [9.17, 15) is 0 Å². The van der Waals surface area contributed by atoms with E-state index in [0.29, 0.717) is 6.61 Å². The van der Waals surface area contributed by atoms with Gasteiger partial charge in [0.1, 0.15) is 18.5 Å². The van der Waals surface area contributed by atoms with Crippen molar-refractivity contribution in [3.63, 3.8) is 0 Å². The standard InChI is InChI=1S/C14H18N4O2S/c1-2-12(21-7-1)11-8-17(3-6-20-11)9-13-15-16-14-10-19-5-4-18(13)14/h1-2,7,11H,3-6,8-10H2. The van der Waals surface area contributed by atoms with Gasteiger partial charge in [-0.25, -0.2) is 0 Å². The molecule has 2 aliphatic heterocycles. The predicted octanol–water partition coefficient (Wildman–Crippen LogP) is 1.44. The first kappa shape index (κ1) is 13.4. The Kier molecular flexibility index (Phi) is 3.72. The minimum atomic E-state index is 0.186. The molecule has 1 atom stereocenters. The maximum atomic E-state index is 5.89. The molecular weight excluding hydrogens is 288 g/mol. The summed E-state index contributed by atoms with van der Waals surface area (Å²) in [5.74, 6) is 1.99. The van der Waals surface area contributed by atoms with Crippen LogP contribution in [0.5, 0.6) is 0 Å². The molecule has 7 heteroatoms. The summed E-state index contributed by atoms with van der Waals surface area (Å²) in [6.45, 7) is 5.65. The predicted molar refractivity (Wildman–Crippen MR) is 78.0 cm³/mol. The third-order valence-corrected chi connectivity index (χ3v) is 4.93. The average molecular weight is 306 g/mol. The van der Waals surface area contributed by atoms with Gasteiger partial charge in [0.15, 0.2) is 5.82 Å². The summed E-state index contributed by atoms with van der Waals surface area (Å²) in [6, 6.07) is 4.23. The molecule has 0 aromatic carbocycles. The fraction of sp³-hybridized carbons (Fsp3) is 0.571. The monoisotopic (exact) mass is 306 g/mol. The van der Waals surface area contributed by atoms with E-state index in [4.69, 9.17) is 9.47 Å². The van der Waals surface area contributed by atoms with Gasteiger partial charge in [0.25, 0.3) is 0 Å². The van der Waals surface area contributed by atoms with E-state index < -0.39 is 0 Å². The van der Waals surface area contributed by atoms with Crippen molar-refractivity contribution in [1.29, 1.82) is 0 Å². The van der Waals surface area contributed by atoms with Gasteiger partial charge >= 0.3 is 0 Å². The number of fused-ring (bicyclic) bond motifs is 1. The number of hydrogen-bond donors (Lipinski definition) is 0. The molecule has 2 aromatic heterocycles. The summed E-state index contributed by atoms with van der Waals surface area (Å²) < 4.78 is 13.5. The molecule has 1 unspecified atom stereocenters.